The summed E-state index contributed by atoms with van der Waals surface area (Å²) in [5.74, 6) is 0.854. The Morgan fingerprint density at radius 2 is 2.15 bits per heavy atom. The van der Waals surface area contributed by atoms with Crippen LogP contribution in [0.3, 0.4) is 0 Å². The van der Waals surface area contributed by atoms with Crippen molar-refractivity contribution in [3.8, 4) is 0 Å². The van der Waals surface area contributed by atoms with E-state index >= 15 is 0 Å². The quantitative estimate of drug-likeness (QED) is 0.695. The van der Waals surface area contributed by atoms with Crippen LogP contribution >= 0.6 is 0 Å². The lowest BCUT2D eigenvalue weighted by Crippen LogP contribution is -2.49. The lowest BCUT2D eigenvalue weighted by Gasteiger charge is -2.35. The molecular weight excluding hydrogens is 164 g/mol. The Labute approximate surface area is 80.3 Å². The highest BCUT2D eigenvalue weighted by Gasteiger charge is 2.25. The van der Waals surface area contributed by atoms with E-state index in [0.29, 0.717) is 12.3 Å². The molecule has 2 unspecified atom stereocenters. The summed E-state index contributed by atoms with van der Waals surface area (Å²) in [6.45, 7) is 5.74. The van der Waals surface area contributed by atoms with Crippen molar-refractivity contribution in [2.24, 2.45) is 11.7 Å². The number of hydrogen-bond acceptors (Lipinski definition) is 2. The molecule has 1 rings (SSSR count). The summed E-state index contributed by atoms with van der Waals surface area (Å²) in [5.41, 5.74) is 5.89. The number of rotatable bonds is 2. The highest BCUT2D eigenvalue weighted by molar-refractivity contribution is 5.75. The van der Waals surface area contributed by atoms with Crippen LogP contribution in [-0.4, -0.2) is 29.9 Å². The normalized spacial score (nSPS) is 29.0. The monoisotopic (exact) mass is 184 g/mol. The van der Waals surface area contributed by atoms with Gasteiger partial charge in [-0.05, 0) is 12.3 Å². The second-order valence-electron chi connectivity index (χ2n) is 3.92. The van der Waals surface area contributed by atoms with Crippen LogP contribution in [0.25, 0.3) is 0 Å². The maximum absolute atomic E-state index is 11.4. The highest BCUT2D eigenvalue weighted by atomic mass is 16.2. The molecule has 1 fully saturated rings. The fourth-order valence-electron chi connectivity index (χ4n) is 1.97. The van der Waals surface area contributed by atoms with Crippen molar-refractivity contribution in [2.75, 3.05) is 13.1 Å². The Kier molecular flexibility index (Phi) is 3.72. The highest BCUT2D eigenvalue weighted by Crippen LogP contribution is 2.18. The third-order valence-corrected chi connectivity index (χ3v) is 2.80. The predicted octanol–water partition coefficient (Wildman–Crippen LogP) is 0.982. The van der Waals surface area contributed by atoms with Gasteiger partial charge < -0.3 is 10.6 Å². The van der Waals surface area contributed by atoms with Crippen LogP contribution in [0.5, 0.6) is 0 Å². The van der Waals surface area contributed by atoms with E-state index in [2.05, 4.69) is 6.92 Å². The number of hydrogen-bond donors (Lipinski definition) is 1. The molecule has 1 aliphatic heterocycles. The van der Waals surface area contributed by atoms with Crippen molar-refractivity contribution in [1.82, 2.24) is 4.90 Å². The van der Waals surface area contributed by atoms with Crippen LogP contribution in [-0.2, 0) is 4.79 Å². The summed E-state index contributed by atoms with van der Waals surface area (Å²) in [6, 6.07) is 0.189. The van der Waals surface area contributed by atoms with Gasteiger partial charge in [0, 0.05) is 25.6 Å². The van der Waals surface area contributed by atoms with Crippen molar-refractivity contribution in [1.29, 1.82) is 0 Å². The van der Waals surface area contributed by atoms with Crippen molar-refractivity contribution in [3.63, 3.8) is 0 Å². The third kappa shape index (κ3) is 2.69. The number of nitrogens with two attached hydrogens (primary N) is 1. The molecular formula is C10H20N2O. The molecule has 1 saturated heterocycles. The molecule has 0 spiro atoms. The van der Waals surface area contributed by atoms with Crippen molar-refractivity contribution in [3.05, 3.63) is 0 Å². The average Bonchev–Trinajstić information content (AvgIpc) is 2.15. The number of amides is 1. The molecule has 76 valence electrons. The fraction of sp³-hybridized carbons (Fsp3) is 0.900. The van der Waals surface area contributed by atoms with E-state index in [1.54, 1.807) is 0 Å². The maximum Gasteiger partial charge on any atom is 0.222 e. The molecule has 1 aliphatic rings. The second kappa shape index (κ2) is 4.61. The molecule has 1 heterocycles. The molecule has 2 atom stereocenters. The number of likely N-dealkylation sites (tertiary alicyclic amines) is 1. The Bertz CT molecular complexity index is 182. The first kappa shape index (κ1) is 10.5. The van der Waals surface area contributed by atoms with Gasteiger partial charge in [-0.2, -0.15) is 0 Å². The molecule has 0 aromatic rings. The summed E-state index contributed by atoms with van der Waals surface area (Å²) in [5, 5.41) is 0. The Hall–Kier alpha value is -0.570. The van der Waals surface area contributed by atoms with E-state index in [1.807, 2.05) is 11.8 Å². The fourth-order valence-corrected chi connectivity index (χ4v) is 1.97. The predicted molar refractivity (Wildman–Crippen MR) is 53.2 cm³/mol. The molecule has 0 radical (unpaired) electrons. The molecule has 0 bridgehead atoms. The van der Waals surface area contributed by atoms with E-state index in [9.17, 15) is 4.79 Å². The second-order valence-corrected chi connectivity index (χ2v) is 3.92. The Morgan fingerprint density at radius 1 is 1.46 bits per heavy atom. The van der Waals surface area contributed by atoms with E-state index in [-0.39, 0.29) is 11.9 Å². The zero-order valence-corrected chi connectivity index (χ0v) is 8.62. The largest absolute Gasteiger partial charge is 0.341 e. The lowest BCUT2D eigenvalue weighted by molar-refractivity contribution is -0.133. The third-order valence-electron chi connectivity index (χ3n) is 2.80. The number of piperidine rings is 1. The molecule has 0 aliphatic carbocycles. The topological polar surface area (TPSA) is 46.3 Å². The first-order chi connectivity index (χ1) is 6.17. The van der Waals surface area contributed by atoms with Crippen molar-refractivity contribution < 1.29 is 4.79 Å². The minimum absolute atomic E-state index is 0.189. The summed E-state index contributed by atoms with van der Waals surface area (Å²) in [4.78, 5) is 13.4. The van der Waals surface area contributed by atoms with Gasteiger partial charge in [-0.25, -0.2) is 0 Å². The van der Waals surface area contributed by atoms with Crippen molar-refractivity contribution in [2.45, 2.75) is 39.2 Å². The molecule has 3 heteroatoms. The van der Waals surface area contributed by atoms with Crippen LogP contribution in [0.2, 0.25) is 0 Å². The van der Waals surface area contributed by atoms with Gasteiger partial charge in [-0.1, -0.05) is 20.3 Å². The van der Waals surface area contributed by atoms with Crippen LogP contribution in [0.4, 0.5) is 0 Å². The van der Waals surface area contributed by atoms with E-state index in [0.717, 1.165) is 25.9 Å². The Balaban J connectivity index is 2.51. The molecule has 2 N–H and O–H groups in total. The van der Waals surface area contributed by atoms with Crippen LogP contribution in [0.15, 0.2) is 0 Å². The average molecular weight is 184 g/mol. The van der Waals surface area contributed by atoms with Crippen LogP contribution < -0.4 is 5.73 Å². The van der Waals surface area contributed by atoms with E-state index < -0.39 is 0 Å². The van der Waals surface area contributed by atoms with Gasteiger partial charge in [0.15, 0.2) is 0 Å². The molecule has 0 aromatic heterocycles. The van der Waals surface area contributed by atoms with Gasteiger partial charge in [0.1, 0.15) is 0 Å². The first-order valence-corrected chi connectivity index (χ1v) is 5.20. The minimum Gasteiger partial charge on any atom is -0.341 e. The smallest absolute Gasteiger partial charge is 0.222 e. The standard InChI is InChI=1S/C10H20N2O/c1-3-8-5-9(11)7-12(6-8)10(13)4-2/h8-9H,3-7,11H2,1-2H3. The molecule has 0 aromatic carbocycles. The summed E-state index contributed by atoms with van der Waals surface area (Å²) in [6.07, 6.45) is 2.80. The maximum atomic E-state index is 11.4. The van der Waals surface area contributed by atoms with Gasteiger partial charge in [0.25, 0.3) is 0 Å². The summed E-state index contributed by atoms with van der Waals surface area (Å²) >= 11 is 0. The summed E-state index contributed by atoms with van der Waals surface area (Å²) < 4.78 is 0. The van der Waals surface area contributed by atoms with E-state index in [4.69, 9.17) is 5.73 Å². The van der Waals surface area contributed by atoms with Crippen LogP contribution in [0.1, 0.15) is 33.1 Å². The van der Waals surface area contributed by atoms with Gasteiger partial charge in [-0.15, -0.1) is 0 Å². The van der Waals surface area contributed by atoms with E-state index in [1.165, 1.54) is 0 Å². The minimum atomic E-state index is 0.189. The van der Waals surface area contributed by atoms with Gasteiger partial charge in [0.05, 0.1) is 0 Å². The number of carbonyl (C=O) groups is 1. The number of carbonyl (C=O) groups excluding carboxylic acids is 1. The first-order valence-electron chi connectivity index (χ1n) is 5.20. The van der Waals surface area contributed by atoms with Gasteiger partial charge in [0.2, 0.25) is 5.91 Å². The van der Waals surface area contributed by atoms with Crippen molar-refractivity contribution >= 4 is 5.91 Å². The molecule has 13 heavy (non-hydrogen) atoms. The lowest BCUT2D eigenvalue weighted by atomic mass is 9.92. The Morgan fingerprint density at radius 3 is 2.69 bits per heavy atom. The zero-order valence-electron chi connectivity index (χ0n) is 8.62. The van der Waals surface area contributed by atoms with Crippen LogP contribution in [0, 0.1) is 5.92 Å². The van der Waals surface area contributed by atoms with Gasteiger partial charge >= 0.3 is 0 Å². The summed E-state index contributed by atoms with van der Waals surface area (Å²) in [7, 11) is 0. The SMILES string of the molecule is CCC(=O)N1CC(N)CC(CC)C1. The molecule has 1 amide bonds. The molecule has 3 nitrogen and oxygen atoms in total. The van der Waals surface area contributed by atoms with Gasteiger partial charge in [-0.3, -0.25) is 4.79 Å². The molecule has 0 saturated carbocycles. The zero-order chi connectivity index (χ0) is 9.84. The number of nitrogens with zero attached hydrogens (tertiary/aromatic N) is 1.